The van der Waals surface area contributed by atoms with Crippen molar-refractivity contribution in [3.63, 3.8) is 0 Å². The molecule has 1 aliphatic heterocycles. The van der Waals surface area contributed by atoms with E-state index in [0.717, 1.165) is 0 Å². The number of hydrogen-bond acceptors (Lipinski definition) is 1. The number of fused-ring (bicyclic) bond motifs is 1. The van der Waals surface area contributed by atoms with E-state index in [-0.39, 0.29) is 11.2 Å². The molecule has 2 atom stereocenters. The summed E-state index contributed by atoms with van der Waals surface area (Å²) in [4.78, 5) is 0. The molecule has 2 heteroatoms. The molecule has 0 bridgehead atoms. The molecule has 1 nitrogen and oxygen atoms in total. The number of ether oxygens (including phenoxy) is 1. The standard InChI is InChI=1S/C11H17O.3C4H9.Sn/c1-5-11-9(2,3)7-6-8-10(11,4)12-11;3*1-3-4-2;/h1,5H,6-8H2,2-4H3;3*1,3-4H2,2H3;/t10-,11+;;;;/m1..../s1. The number of epoxide rings is 1. The van der Waals surface area contributed by atoms with Crippen LogP contribution in [-0.4, -0.2) is 29.6 Å². The summed E-state index contributed by atoms with van der Waals surface area (Å²) >= 11 is -2.20. The summed E-state index contributed by atoms with van der Waals surface area (Å²) in [5.41, 5.74) is 0.475. The maximum atomic E-state index is 6.52. The number of unbranched alkanes of at least 4 members (excludes halogenated alkanes) is 3. The Morgan fingerprint density at radius 2 is 1.36 bits per heavy atom. The van der Waals surface area contributed by atoms with E-state index in [1.807, 2.05) is 0 Å². The molecule has 0 spiro atoms. The van der Waals surface area contributed by atoms with E-state index >= 15 is 0 Å². The van der Waals surface area contributed by atoms with Gasteiger partial charge in [-0.1, -0.05) is 0 Å². The van der Waals surface area contributed by atoms with Gasteiger partial charge in [0.2, 0.25) is 0 Å². The quantitative estimate of drug-likeness (QED) is 0.230. The predicted octanol–water partition coefficient (Wildman–Crippen LogP) is 7.67. The average molecular weight is 455 g/mol. The third kappa shape index (κ3) is 4.50. The topological polar surface area (TPSA) is 12.5 Å². The predicted molar refractivity (Wildman–Crippen MR) is 114 cm³/mol. The van der Waals surface area contributed by atoms with Gasteiger partial charge in [-0.3, -0.25) is 0 Å². The van der Waals surface area contributed by atoms with E-state index in [4.69, 9.17) is 4.74 Å². The molecular weight excluding hydrogens is 411 g/mol. The molecule has 2 rings (SSSR count). The van der Waals surface area contributed by atoms with Gasteiger partial charge in [0.15, 0.2) is 0 Å². The van der Waals surface area contributed by atoms with Crippen LogP contribution in [0, 0.1) is 5.41 Å². The molecule has 0 radical (unpaired) electrons. The molecule has 2 fully saturated rings. The third-order valence-electron chi connectivity index (χ3n) is 7.35. The summed E-state index contributed by atoms with van der Waals surface area (Å²) in [6.45, 7) is 14.4. The molecule has 1 saturated carbocycles. The van der Waals surface area contributed by atoms with Gasteiger partial charge in [0, 0.05) is 0 Å². The van der Waals surface area contributed by atoms with E-state index in [2.05, 4.69) is 51.7 Å². The third-order valence-corrected chi connectivity index (χ3v) is 21.4. The van der Waals surface area contributed by atoms with Crippen LogP contribution in [-0.2, 0) is 4.74 Å². The van der Waals surface area contributed by atoms with E-state index in [1.54, 1.807) is 13.3 Å². The first kappa shape index (κ1) is 21.8. The van der Waals surface area contributed by atoms with E-state index in [9.17, 15) is 0 Å². The van der Waals surface area contributed by atoms with Crippen LogP contribution in [0.3, 0.4) is 0 Å². The van der Waals surface area contributed by atoms with Gasteiger partial charge in [-0.05, 0) is 0 Å². The van der Waals surface area contributed by atoms with Crippen molar-refractivity contribution in [2.24, 2.45) is 5.41 Å². The van der Waals surface area contributed by atoms with Crippen molar-refractivity contribution >= 4 is 18.4 Å². The van der Waals surface area contributed by atoms with Crippen LogP contribution in [0.5, 0.6) is 0 Å². The molecule has 0 aromatic heterocycles. The monoisotopic (exact) mass is 456 g/mol. The Bertz CT molecular complexity index is 433. The van der Waals surface area contributed by atoms with Crippen LogP contribution in [0.15, 0.2) is 10.2 Å². The van der Waals surface area contributed by atoms with E-state index in [1.165, 1.54) is 57.8 Å². The molecule has 146 valence electrons. The summed E-state index contributed by atoms with van der Waals surface area (Å²) in [7, 11) is 0. The van der Waals surface area contributed by atoms with Crippen molar-refractivity contribution in [2.75, 3.05) is 0 Å². The Morgan fingerprint density at radius 3 is 1.80 bits per heavy atom. The van der Waals surface area contributed by atoms with Crippen molar-refractivity contribution in [3.05, 3.63) is 10.2 Å². The van der Waals surface area contributed by atoms with Crippen LogP contribution in [0.1, 0.15) is 99.3 Å². The molecule has 0 amide bonds. The molecule has 25 heavy (non-hydrogen) atoms. The zero-order valence-electron chi connectivity index (χ0n) is 18.0. The minimum atomic E-state index is -2.20. The fourth-order valence-electron chi connectivity index (χ4n) is 5.42. The Hall–Kier alpha value is 0.499. The van der Waals surface area contributed by atoms with E-state index < -0.39 is 18.4 Å². The van der Waals surface area contributed by atoms with Gasteiger partial charge in [-0.25, -0.2) is 0 Å². The normalized spacial score (nSPS) is 31.3. The molecule has 1 aliphatic carbocycles. The van der Waals surface area contributed by atoms with Crippen molar-refractivity contribution in [3.8, 4) is 0 Å². The van der Waals surface area contributed by atoms with Gasteiger partial charge in [0.25, 0.3) is 0 Å². The number of rotatable bonds is 11. The summed E-state index contributed by atoms with van der Waals surface area (Å²) in [6.07, 6.45) is 14.9. The molecular formula is C23H44OSn. The van der Waals surface area contributed by atoms with Crippen LogP contribution in [0.2, 0.25) is 13.3 Å². The molecule has 0 N–H and O–H groups in total. The van der Waals surface area contributed by atoms with Crippen molar-refractivity contribution in [1.29, 1.82) is 0 Å². The second-order valence-electron chi connectivity index (χ2n) is 9.81. The molecule has 1 saturated heterocycles. The SMILES string of the molecule is CCC[CH2][Sn](/[CH]=C/[C@@]12O[C@]1(C)CCCC2(C)C)([CH2]CCC)[CH2]CCC. The molecule has 0 aromatic rings. The van der Waals surface area contributed by atoms with Gasteiger partial charge in [0.1, 0.15) is 0 Å². The summed E-state index contributed by atoms with van der Waals surface area (Å²) in [5.74, 6) is 0. The van der Waals surface area contributed by atoms with Crippen molar-refractivity contribution in [2.45, 2.75) is 124 Å². The van der Waals surface area contributed by atoms with E-state index in [0.29, 0.717) is 5.41 Å². The first-order valence-corrected chi connectivity index (χ1v) is 18.9. The first-order valence-electron chi connectivity index (χ1n) is 11.2. The van der Waals surface area contributed by atoms with Crippen LogP contribution in [0.25, 0.3) is 0 Å². The summed E-state index contributed by atoms with van der Waals surface area (Å²) in [5, 5.41) is 0. The molecule has 1 heterocycles. The average Bonchev–Trinajstić information content (AvgIpc) is 3.21. The van der Waals surface area contributed by atoms with Gasteiger partial charge < -0.3 is 0 Å². The van der Waals surface area contributed by atoms with Crippen molar-refractivity contribution < 1.29 is 4.74 Å². The Labute approximate surface area is 162 Å². The summed E-state index contributed by atoms with van der Waals surface area (Å²) in [6, 6.07) is 0. The fraction of sp³-hybridized carbons (Fsp3) is 0.913. The van der Waals surface area contributed by atoms with Gasteiger partial charge >= 0.3 is 163 Å². The molecule has 2 aliphatic rings. The first-order chi connectivity index (χ1) is 11.8. The fourth-order valence-corrected chi connectivity index (χ4v) is 19.7. The van der Waals surface area contributed by atoms with Crippen LogP contribution in [0.4, 0.5) is 0 Å². The second kappa shape index (κ2) is 8.67. The maximum absolute atomic E-state index is 6.52. The Kier molecular flexibility index (Phi) is 7.56. The van der Waals surface area contributed by atoms with Gasteiger partial charge in [0.05, 0.1) is 0 Å². The Balaban J connectivity index is 2.25. The second-order valence-corrected chi connectivity index (χ2v) is 22.8. The van der Waals surface area contributed by atoms with Gasteiger partial charge in [-0.2, -0.15) is 0 Å². The van der Waals surface area contributed by atoms with Gasteiger partial charge in [-0.15, -0.1) is 0 Å². The zero-order chi connectivity index (χ0) is 18.6. The van der Waals surface area contributed by atoms with Crippen LogP contribution >= 0.6 is 0 Å². The summed E-state index contributed by atoms with van der Waals surface area (Å²) < 4.78 is 14.1. The van der Waals surface area contributed by atoms with Crippen LogP contribution < -0.4 is 0 Å². The molecule has 0 unspecified atom stereocenters. The number of hydrogen-bond donors (Lipinski definition) is 0. The van der Waals surface area contributed by atoms with Crippen molar-refractivity contribution in [1.82, 2.24) is 0 Å². The minimum absolute atomic E-state index is 0.0467. The Morgan fingerprint density at radius 1 is 0.840 bits per heavy atom. The zero-order valence-corrected chi connectivity index (χ0v) is 20.9. The molecule has 0 aromatic carbocycles.